The Bertz CT molecular complexity index is 396. The maximum Gasteiger partial charge on any atom is 0.199 e. The number of rotatable bonds is 2. The van der Waals surface area contributed by atoms with Crippen molar-refractivity contribution in [2.75, 3.05) is 13.1 Å². The Hall–Kier alpha value is -1.03. The minimum absolute atomic E-state index is 0.0123. The summed E-state index contributed by atoms with van der Waals surface area (Å²) in [5, 5.41) is 2.94. The molecule has 0 atom stereocenters. The molecule has 1 N–H and O–H groups in total. The fraction of sp³-hybridized carbons (Fsp3) is 0.333. The Balaban J connectivity index is 2.32. The van der Waals surface area contributed by atoms with Crippen LogP contribution < -0.4 is 21.0 Å². The molecule has 1 saturated heterocycles. The average Bonchev–Trinajstić information content (AvgIpc) is 2.11. The fourth-order valence-corrected chi connectivity index (χ4v) is 1.28. The molecule has 15 heavy (non-hydrogen) atoms. The lowest BCUT2D eigenvalue weighted by Crippen LogP contribution is -2.51. The van der Waals surface area contributed by atoms with E-state index in [2.05, 4.69) is 5.32 Å². The van der Waals surface area contributed by atoms with Gasteiger partial charge < -0.3 is 10.1 Å². The van der Waals surface area contributed by atoms with Crippen molar-refractivity contribution in [3.63, 3.8) is 0 Å². The summed E-state index contributed by atoms with van der Waals surface area (Å²) < 4.78 is 31.6. The van der Waals surface area contributed by atoms with Crippen LogP contribution in [0.25, 0.3) is 0 Å². The van der Waals surface area contributed by atoms with Crippen LogP contribution in [0.4, 0.5) is 8.78 Å². The van der Waals surface area contributed by atoms with Crippen LogP contribution >= 0.6 is 0 Å². The fourth-order valence-electron chi connectivity index (χ4n) is 1.28. The SMILES string of the molecule is [B]c1cc([B])c(OC2CNC2)c(F)c1F. The number of ether oxygens (including phenoxy) is 1. The van der Waals surface area contributed by atoms with Gasteiger partial charge in [0.2, 0.25) is 0 Å². The summed E-state index contributed by atoms with van der Waals surface area (Å²) in [5.41, 5.74) is -0.303. The van der Waals surface area contributed by atoms with Crippen molar-refractivity contribution >= 4 is 26.6 Å². The van der Waals surface area contributed by atoms with Crippen molar-refractivity contribution < 1.29 is 13.5 Å². The van der Waals surface area contributed by atoms with Crippen LogP contribution in [0.1, 0.15) is 0 Å². The first-order chi connectivity index (χ1) is 7.09. The van der Waals surface area contributed by atoms with Gasteiger partial charge in [0.1, 0.15) is 21.8 Å². The molecular formula is C9H7B2F2NO. The van der Waals surface area contributed by atoms with Gasteiger partial charge in [-0.1, -0.05) is 17.0 Å². The standard InChI is InChI=1S/C9H7B2F2NO/c10-5-1-6(11)9(8(13)7(5)12)15-4-2-14-3-4/h1,4,14H,2-3H2. The van der Waals surface area contributed by atoms with Crippen LogP contribution in [-0.4, -0.2) is 34.9 Å². The van der Waals surface area contributed by atoms with Gasteiger partial charge in [0.15, 0.2) is 17.4 Å². The number of benzene rings is 1. The van der Waals surface area contributed by atoms with Crippen molar-refractivity contribution in [3.8, 4) is 5.75 Å². The molecule has 0 saturated carbocycles. The monoisotopic (exact) mass is 205 g/mol. The van der Waals surface area contributed by atoms with Crippen molar-refractivity contribution in [3.05, 3.63) is 17.7 Å². The van der Waals surface area contributed by atoms with Gasteiger partial charge in [0.05, 0.1) is 0 Å². The van der Waals surface area contributed by atoms with E-state index in [1.54, 1.807) is 0 Å². The van der Waals surface area contributed by atoms with Gasteiger partial charge in [-0.15, -0.1) is 0 Å². The second-order valence-corrected chi connectivity index (χ2v) is 3.41. The molecule has 1 heterocycles. The van der Waals surface area contributed by atoms with Crippen LogP contribution in [0.5, 0.6) is 5.75 Å². The van der Waals surface area contributed by atoms with E-state index in [-0.39, 0.29) is 22.8 Å². The molecule has 2 nitrogen and oxygen atoms in total. The van der Waals surface area contributed by atoms with Crippen LogP contribution in [-0.2, 0) is 0 Å². The summed E-state index contributed by atoms with van der Waals surface area (Å²) in [5.74, 6) is -2.50. The Morgan fingerprint density at radius 2 is 1.87 bits per heavy atom. The zero-order chi connectivity index (χ0) is 11.0. The zero-order valence-electron chi connectivity index (χ0n) is 7.89. The maximum absolute atomic E-state index is 13.4. The van der Waals surface area contributed by atoms with E-state index in [9.17, 15) is 8.78 Å². The topological polar surface area (TPSA) is 21.3 Å². The number of hydrogen-bond donors (Lipinski definition) is 1. The van der Waals surface area contributed by atoms with Crippen molar-refractivity contribution in [2.24, 2.45) is 0 Å². The molecule has 4 radical (unpaired) electrons. The van der Waals surface area contributed by atoms with E-state index in [1.807, 2.05) is 0 Å². The minimum atomic E-state index is -1.13. The molecule has 2 rings (SSSR count). The largest absolute Gasteiger partial charge is 0.485 e. The minimum Gasteiger partial charge on any atom is -0.485 e. The van der Waals surface area contributed by atoms with Crippen molar-refractivity contribution in [2.45, 2.75) is 6.10 Å². The molecule has 0 amide bonds. The van der Waals surface area contributed by atoms with E-state index < -0.39 is 11.6 Å². The highest BCUT2D eigenvalue weighted by Gasteiger charge is 2.22. The van der Waals surface area contributed by atoms with Crippen LogP contribution in [0.3, 0.4) is 0 Å². The Morgan fingerprint density at radius 1 is 1.20 bits per heavy atom. The molecule has 6 heteroatoms. The first-order valence-corrected chi connectivity index (χ1v) is 4.50. The van der Waals surface area contributed by atoms with Gasteiger partial charge in [-0.2, -0.15) is 4.39 Å². The maximum atomic E-state index is 13.4. The van der Waals surface area contributed by atoms with Crippen molar-refractivity contribution in [1.82, 2.24) is 5.32 Å². The van der Waals surface area contributed by atoms with E-state index in [1.165, 1.54) is 0 Å². The van der Waals surface area contributed by atoms with Crippen LogP contribution in [0, 0.1) is 11.6 Å². The number of nitrogens with one attached hydrogen (secondary N) is 1. The lowest BCUT2D eigenvalue weighted by molar-refractivity contribution is 0.136. The van der Waals surface area contributed by atoms with Crippen molar-refractivity contribution in [1.29, 1.82) is 0 Å². The quantitative estimate of drug-likeness (QED) is 0.618. The van der Waals surface area contributed by atoms with E-state index in [0.29, 0.717) is 13.1 Å². The highest BCUT2D eigenvalue weighted by Crippen LogP contribution is 2.17. The normalized spacial score (nSPS) is 16.1. The molecule has 1 aromatic carbocycles. The van der Waals surface area contributed by atoms with Gasteiger partial charge in [-0.3, -0.25) is 0 Å². The van der Waals surface area contributed by atoms with Gasteiger partial charge in [-0.25, -0.2) is 4.39 Å². The molecule has 1 fully saturated rings. The Labute approximate surface area is 88.8 Å². The summed E-state index contributed by atoms with van der Waals surface area (Å²) in [6.45, 7) is 1.20. The molecule has 0 aromatic heterocycles. The third-order valence-electron chi connectivity index (χ3n) is 2.25. The van der Waals surface area contributed by atoms with Gasteiger partial charge in [-0.05, 0) is 0 Å². The summed E-state index contributed by atoms with van der Waals surface area (Å²) in [4.78, 5) is 0. The molecule has 1 aliphatic heterocycles. The highest BCUT2D eigenvalue weighted by atomic mass is 19.2. The van der Waals surface area contributed by atoms with Crippen LogP contribution in [0.15, 0.2) is 6.07 Å². The lowest BCUT2D eigenvalue weighted by Gasteiger charge is -2.29. The summed E-state index contributed by atoms with van der Waals surface area (Å²) in [6.07, 6.45) is -0.162. The van der Waals surface area contributed by atoms with E-state index >= 15 is 0 Å². The third-order valence-corrected chi connectivity index (χ3v) is 2.25. The predicted octanol–water partition coefficient (Wildman–Crippen LogP) is -1.10. The van der Waals surface area contributed by atoms with Gasteiger partial charge in [0, 0.05) is 13.1 Å². The molecular weight excluding hydrogens is 198 g/mol. The Kier molecular flexibility index (Phi) is 2.69. The predicted molar refractivity (Wildman–Crippen MR) is 54.4 cm³/mol. The number of hydrogen-bond acceptors (Lipinski definition) is 2. The van der Waals surface area contributed by atoms with Gasteiger partial charge >= 0.3 is 0 Å². The zero-order valence-corrected chi connectivity index (χ0v) is 7.89. The molecule has 74 valence electrons. The smallest absolute Gasteiger partial charge is 0.199 e. The molecule has 0 bridgehead atoms. The summed E-state index contributed by atoms with van der Waals surface area (Å²) >= 11 is 0. The Morgan fingerprint density at radius 3 is 2.40 bits per heavy atom. The highest BCUT2D eigenvalue weighted by molar-refractivity contribution is 6.39. The molecule has 0 aliphatic carbocycles. The third kappa shape index (κ3) is 1.86. The lowest BCUT2D eigenvalue weighted by atomic mass is 9.86. The summed E-state index contributed by atoms with van der Waals surface area (Å²) in [7, 11) is 10.7. The van der Waals surface area contributed by atoms with Crippen LogP contribution in [0.2, 0.25) is 0 Å². The van der Waals surface area contributed by atoms with E-state index in [4.69, 9.17) is 20.4 Å². The first-order valence-electron chi connectivity index (χ1n) is 4.50. The second kappa shape index (κ2) is 3.85. The van der Waals surface area contributed by atoms with Gasteiger partial charge in [0.25, 0.3) is 0 Å². The first kappa shape index (κ1) is 10.5. The second-order valence-electron chi connectivity index (χ2n) is 3.41. The molecule has 0 unspecified atom stereocenters. The molecule has 0 spiro atoms. The number of halogens is 2. The molecule has 1 aromatic rings. The van der Waals surface area contributed by atoms with E-state index in [0.717, 1.165) is 6.07 Å². The molecule has 1 aliphatic rings. The average molecular weight is 205 g/mol. The summed E-state index contributed by atoms with van der Waals surface area (Å²) in [6, 6.07) is 1.15.